The van der Waals surface area contributed by atoms with Crippen molar-refractivity contribution in [1.29, 1.82) is 5.26 Å². The minimum Gasteiger partial charge on any atom is -0.494 e. The highest BCUT2D eigenvalue weighted by Gasteiger charge is 2.21. The van der Waals surface area contributed by atoms with Gasteiger partial charge in [0.2, 0.25) is 0 Å². The number of aliphatic imine (C=N–C) groups is 1. The Morgan fingerprint density at radius 2 is 2.14 bits per heavy atom. The van der Waals surface area contributed by atoms with Crippen LogP contribution in [-0.2, 0) is 19.5 Å². The lowest BCUT2D eigenvalue weighted by Crippen LogP contribution is -2.36. The molecule has 1 heterocycles. The minimum absolute atomic E-state index is 0.200. The lowest BCUT2D eigenvalue weighted by Gasteiger charge is -2.15. The second-order valence-corrected chi connectivity index (χ2v) is 6.99. The zero-order chi connectivity index (χ0) is 20.6. The molecule has 0 spiro atoms. The highest BCUT2D eigenvalue weighted by Crippen LogP contribution is 2.35. The smallest absolute Gasteiger partial charge is 0.191 e. The van der Waals surface area contributed by atoms with Crippen LogP contribution in [0.25, 0.3) is 0 Å². The van der Waals surface area contributed by atoms with Crippen LogP contribution in [-0.4, -0.2) is 25.2 Å². The molecule has 1 unspecified atom stereocenters. The average molecular weight is 393 g/mol. The molecule has 1 atom stereocenters. The molecule has 0 amide bonds. The van der Waals surface area contributed by atoms with Crippen LogP contribution in [0.1, 0.15) is 43.0 Å². The molecule has 0 fully saturated rings. The first-order valence-corrected chi connectivity index (χ1v) is 10.1. The first kappa shape index (κ1) is 20.5. The van der Waals surface area contributed by atoms with Crippen molar-refractivity contribution < 1.29 is 9.47 Å². The topological polar surface area (TPSA) is 78.7 Å². The van der Waals surface area contributed by atoms with E-state index >= 15 is 0 Å². The zero-order valence-electron chi connectivity index (χ0n) is 17.3. The van der Waals surface area contributed by atoms with Crippen LogP contribution in [0, 0.1) is 11.3 Å². The van der Waals surface area contributed by atoms with Gasteiger partial charge in [-0.05, 0) is 50.6 Å². The SMILES string of the molecule is CCNC(=NCc1cccc(C#N)c1)NCc1cc2c(cc1OCC)CC(C)O2. The minimum atomic E-state index is 0.200. The number of nitrogens with zero attached hydrogens (tertiary/aromatic N) is 2. The van der Waals surface area contributed by atoms with Gasteiger partial charge >= 0.3 is 0 Å². The van der Waals surface area contributed by atoms with E-state index in [9.17, 15) is 0 Å². The van der Waals surface area contributed by atoms with Gasteiger partial charge < -0.3 is 20.1 Å². The van der Waals surface area contributed by atoms with E-state index in [1.807, 2.05) is 32.0 Å². The van der Waals surface area contributed by atoms with Crippen molar-refractivity contribution >= 4 is 5.96 Å². The van der Waals surface area contributed by atoms with Crippen LogP contribution >= 0.6 is 0 Å². The van der Waals surface area contributed by atoms with E-state index in [0.29, 0.717) is 31.2 Å². The first-order valence-electron chi connectivity index (χ1n) is 10.1. The molecule has 0 radical (unpaired) electrons. The van der Waals surface area contributed by atoms with Crippen molar-refractivity contribution in [3.8, 4) is 17.6 Å². The van der Waals surface area contributed by atoms with Gasteiger partial charge in [-0.15, -0.1) is 0 Å². The van der Waals surface area contributed by atoms with E-state index in [-0.39, 0.29) is 6.10 Å². The molecule has 6 heteroatoms. The number of guanidine groups is 1. The molecule has 152 valence electrons. The number of hydrogen-bond donors (Lipinski definition) is 2. The third kappa shape index (κ3) is 5.41. The Bertz CT molecular complexity index is 918. The van der Waals surface area contributed by atoms with Crippen LogP contribution < -0.4 is 20.1 Å². The summed E-state index contributed by atoms with van der Waals surface area (Å²) < 4.78 is 11.8. The normalized spacial score (nSPS) is 15.2. The standard InChI is InChI=1S/C23H28N4O2/c1-4-25-23(26-14-18-8-6-7-17(10-18)13-24)27-15-20-12-22-19(9-16(3)29-22)11-21(20)28-5-2/h6-8,10-12,16H,4-5,9,14-15H2,1-3H3,(H2,25,26,27). The molecule has 2 aromatic rings. The summed E-state index contributed by atoms with van der Waals surface area (Å²) in [4.78, 5) is 4.65. The van der Waals surface area contributed by atoms with Crippen molar-refractivity contribution in [3.05, 3.63) is 58.7 Å². The Morgan fingerprint density at radius 1 is 1.28 bits per heavy atom. The Kier molecular flexibility index (Phi) is 6.96. The van der Waals surface area contributed by atoms with Crippen molar-refractivity contribution in [1.82, 2.24) is 10.6 Å². The van der Waals surface area contributed by atoms with Gasteiger partial charge in [-0.2, -0.15) is 5.26 Å². The van der Waals surface area contributed by atoms with Crippen LogP contribution in [0.2, 0.25) is 0 Å². The van der Waals surface area contributed by atoms with Gasteiger partial charge in [-0.25, -0.2) is 4.99 Å². The molecule has 1 aliphatic heterocycles. The third-order valence-electron chi connectivity index (χ3n) is 4.65. The summed E-state index contributed by atoms with van der Waals surface area (Å²) in [6.07, 6.45) is 1.11. The van der Waals surface area contributed by atoms with E-state index in [4.69, 9.17) is 14.7 Å². The molecule has 0 saturated heterocycles. The van der Waals surface area contributed by atoms with E-state index in [1.54, 1.807) is 6.07 Å². The summed E-state index contributed by atoms with van der Waals surface area (Å²) in [6, 6.07) is 13.8. The van der Waals surface area contributed by atoms with Gasteiger partial charge in [0.1, 0.15) is 17.6 Å². The van der Waals surface area contributed by atoms with Gasteiger partial charge in [-0.3, -0.25) is 0 Å². The Morgan fingerprint density at radius 3 is 2.90 bits per heavy atom. The summed E-state index contributed by atoms with van der Waals surface area (Å²) >= 11 is 0. The molecule has 29 heavy (non-hydrogen) atoms. The molecule has 0 saturated carbocycles. The highest BCUT2D eigenvalue weighted by molar-refractivity contribution is 5.79. The summed E-state index contributed by atoms with van der Waals surface area (Å²) in [5.74, 6) is 2.54. The quantitative estimate of drug-likeness (QED) is 0.557. The fourth-order valence-electron chi connectivity index (χ4n) is 3.34. The monoisotopic (exact) mass is 392 g/mol. The summed E-state index contributed by atoms with van der Waals surface area (Å²) in [7, 11) is 0. The number of nitrogens with one attached hydrogen (secondary N) is 2. The van der Waals surface area contributed by atoms with E-state index in [0.717, 1.165) is 35.6 Å². The van der Waals surface area contributed by atoms with Gasteiger partial charge in [-0.1, -0.05) is 12.1 Å². The van der Waals surface area contributed by atoms with Crippen molar-refractivity contribution in [2.75, 3.05) is 13.2 Å². The van der Waals surface area contributed by atoms with E-state index < -0.39 is 0 Å². The van der Waals surface area contributed by atoms with Crippen molar-refractivity contribution in [3.63, 3.8) is 0 Å². The second kappa shape index (κ2) is 9.83. The lowest BCUT2D eigenvalue weighted by molar-refractivity contribution is 0.254. The molecule has 6 nitrogen and oxygen atoms in total. The summed E-state index contributed by atoms with van der Waals surface area (Å²) in [5.41, 5.74) is 3.87. The highest BCUT2D eigenvalue weighted by atomic mass is 16.5. The van der Waals surface area contributed by atoms with Crippen LogP contribution in [0.3, 0.4) is 0 Å². The first-order chi connectivity index (χ1) is 14.1. The zero-order valence-corrected chi connectivity index (χ0v) is 17.3. The number of ether oxygens (including phenoxy) is 2. The Labute approximate surface area is 172 Å². The second-order valence-electron chi connectivity index (χ2n) is 6.99. The number of fused-ring (bicyclic) bond motifs is 1. The van der Waals surface area contributed by atoms with E-state index in [1.165, 1.54) is 5.56 Å². The molecule has 0 aliphatic carbocycles. The van der Waals surface area contributed by atoms with Gasteiger partial charge in [0.25, 0.3) is 0 Å². The van der Waals surface area contributed by atoms with Crippen LogP contribution in [0.4, 0.5) is 0 Å². The van der Waals surface area contributed by atoms with Gasteiger partial charge in [0.15, 0.2) is 5.96 Å². The molecule has 2 aromatic carbocycles. The number of benzene rings is 2. The largest absolute Gasteiger partial charge is 0.494 e. The lowest BCUT2D eigenvalue weighted by atomic mass is 10.1. The number of hydrogen-bond acceptors (Lipinski definition) is 4. The maximum atomic E-state index is 9.05. The molecule has 2 N–H and O–H groups in total. The molecular formula is C23H28N4O2. The number of rotatable bonds is 7. The number of nitriles is 1. The van der Waals surface area contributed by atoms with E-state index in [2.05, 4.69) is 40.8 Å². The Balaban J connectivity index is 1.73. The van der Waals surface area contributed by atoms with Gasteiger partial charge in [0, 0.05) is 30.6 Å². The molecule has 0 bridgehead atoms. The third-order valence-corrected chi connectivity index (χ3v) is 4.65. The summed E-state index contributed by atoms with van der Waals surface area (Å²) in [5, 5.41) is 15.7. The van der Waals surface area contributed by atoms with Crippen LogP contribution in [0.5, 0.6) is 11.5 Å². The average Bonchev–Trinajstić information content (AvgIpc) is 3.09. The van der Waals surface area contributed by atoms with Crippen LogP contribution in [0.15, 0.2) is 41.4 Å². The van der Waals surface area contributed by atoms with Gasteiger partial charge in [0.05, 0.1) is 24.8 Å². The van der Waals surface area contributed by atoms with Crippen molar-refractivity contribution in [2.45, 2.75) is 46.4 Å². The molecule has 3 rings (SSSR count). The fraction of sp³-hybridized carbons (Fsp3) is 0.391. The maximum absolute atomic E-state index is 9.05. The molecule has 1 aliphatic rings. The predicted molar refractivity (Wildman–Crippen MR) is 114 cm³/mol. The van der Waals surface area contributed by atoms with Crippen molar-refractivity contribution in [2.24, 2.45) is 4.99 Å². The molecular weight excluding hydrogens is 364 g/mol. The fourth-order valence-corrected chi connectivity index (χ4v) is 3.34. The maximum Gasteiger partial charge on any atom is 0.191 e. The Hall–Kier alpha value is -3.20. The molecule has 0 aromatic heterocycles. The predicted octanol–water partition coefficient (Wildman–Crippen LogP) is 3.54. The summed E-state index contributed by atoms with van der Waals surface area (Å²) in [6.45, 7) is 8.54.